The summed E-state index contributed by atoms with van der Waals surface area (Å²) in [5.41, 5.74) is 2.73. The second kappa shape index (κ2) is 13.4. The zero-order chi connectivity index (χ0) is 34.9. The highest BCUT2D eigenvalue weighted by Gasteiger charge is 2.48. The molecule has 4 unspecified atom stereocenters. The molecule has 0 aliphatic carbocycles. The second-order valence-corrected chi connectivity index (χ2v) is 15.8. The van der Waals surface area contributed by atoms with Gasteiger partial charge in [0.25, 0.3) is 0 Å². The molecule has 10 nitrogen and oxygen atoms in total. The van der Waals surface area contributed by atoms with E-state index in [-0.39, 0.29) is 21.2 Å². The predicted molar refractivity (Wildman–Crippen MR) is 188 cm³/mol. The zero-order valence-electron chi connectivity index (χ0n) is 27.0. The predicted octanol–water partition coefficient (Wildman–Crippen LogP) is 6.34. The van der Waals surface area contributed by atoms with Crippen molar-refractivity contribution in [2.24, 2.45) is 10.3 Å². The maximum absolute atomic E-state index is 14.2. The van der Waals surface area contributed by atoms with Crippen molar-refractivity contribution in [1.82, 2.24) is 0 Å². The van der Waals surface area contributed by atoms with E-state index in [0.29, 0.717) is 33.8 Å². The van der Waals surface area contributed by atoms with Crippen molar-refractivity contribution in [2.45, 2.75) is 32.5 Å². The molecule has 2 heterocycles. The minimum Gasteiger partial charge on any atom is -0.497 e. The maximum atomic E-state index is 14.2. The highest BCUT2D eigenvalue weighted by Crippen LogP contribution is 2.41. The Bertz CT molecular complexity index is 2100. The van der Waals surface area contributed by atoms with Gasteiger partial charge < -0.3 is 19.1 Å². The number of nitrogens with zero attached hydrogens (tertiary/aromatic N) is 2. The Morgan fingerprint density at radius 3 is 1.14 bits per heavy atom. The molecular formula is C38H32N2O8S2. The van der Waals surface area contributed by atoms with Crippen molar-refractivity contribution in [2.75, 3.05) is 14.2 Å². The van der Waals surface area contributed by atoms with E-state index in [1.54, 1.807) is 148 Å². The van der Waals surface area contributed by atoms with Crippen molar-refractivity contribution in [3.8, 4) is 11.5 Å². The number of rotatable bonds is 10. The Kier molecular flexibility index (Phi) is 8.89. The normalized spacial score (nSPS) is 20.3. The van der Waals surface area contributed by atoms with Crippen LogP contribution in [0.1, 0.15) is 34.5 Å². The first-order chi connectivity index (χ1) is 24.2. The molecule has 0 amide bonds. The highest BCUT2D eigenvalue weighted by molar-refractivity contribution is 7.93. The summed E-state index contributed by atoms with van der Waals surface area (Å²) in [6.07, 6.45) is -1.99. The lowest BCUT2D eigenvalue weighted by Crippen LogP contribution is -2.34. The van der Waals surface area contributed by atoms with Gasteiger partial charge in [-0.2, -0.15) is 0 Å². The van der Waals surface area contributed by atoms with Gasteiger partial charge in [-0.1, -0.05) is 71.0 Å². The lowest BCUT2D eigenvalue weighted by molar-refractivity contribution is 0.0846. The first kappa shape index (κ1) is 33.1. The van der Waals surface area contributed by atoms with Gasteiger partial charge in [-0.15, -0.1) is 0 Å². The van der Waals surface area contributed by atoms with Crippen molar-refractivity contribution in [3.63, 3.8) is 0 Å². The molecule has 0 fully saturated rings. The molecule has 2 aliphatic heterocycles. The number of hydrogen-bond donors (Lipinski definition) is 0. The molecule has 2 aliphatic rings. The Balaban J connectivity index is 1.25. The quantitative estimate of drug-likeness (QED) is 0.164. The molecule has 5 aromatic carbocycles. The molecule has 0 saturated carbocycles. The molecule has 0 aromatic heterocycles. The summed E-state index contributed by atoms with van der Waals surface area (Å²) in [6, 6.07) is 37.1. The van der Waals surface area contributed by atoms with Crippen LogP contribution in [0.5, 0.6) is 11.5 Å². The zero-order valence-corrected chi connectivity index (χ0v) is 28.6. The van der Waals surface area contributed by atoms with E-state index in [4.69, 9.17) is 19.1 Å². The highest BCUT2D eigenvalue weighted by atomic mass is 32.2. The average Bonchev–Trinajstić information content (AvgIpc) is 3.83. The van der Waals surface area contributed by atoms with Crippen LogP contribution in [0.3, 0.4) is 0 Å². The van der Waals surface area contributed by atoms with E-state index in [0.717, 1.165) is 0 Å². The molecule has 50 heavy (non-hydrogen) atoms. The minimum absolute atomic E-state index is 0.134. The third-order valence-electron chi connectivity index (χ3n) is 8.80. The Morgan fingerprint density at radius 2 is 0.820 bits per heavy atom. The molecule has 5 aromatic rings. The molecule has 7 rings (SSSR count). The molecule has 0 saturated heterocycles. The van der Waals surface area contributed by atoms with Crippen molar-refractivity contribution in [1.29, 1.82) is 0 Å². The van der Waals surface area contributed by atoms with Crippen molar-refractivity contribution >= 4 is 31.1 Å². The number of benzene rings is 5. The Morgan fingerprint density at radius 1 is 0.480 bits per heavy atom. The average molecular weight is 709 g/mol. The van der Waals surface area contributed by atoms with Gasteiger partial charge in [-0.25, -0.2) is 16.8 Å². The molecule has 0 N–H and O–H groups in total. The van der Waals surface area contributed by atoms with E-state index in [2.05, 4.69) is 10.3 Å². The standard InChI is InChI=1S/C38H32N2O8S2/c1-45-29-21-17-25(18-22-29)33-37(49(41,42)31-9-5-3-6-10-31)35(47-39-33)27-13-15-28(16-14-27)36-38(50(43,44)32-11-7-4-8-12-32)34(40-48-36)26-19-23-30(46-2)24-20-26/h3-24,35-38H,1-2H3. The maximum Gasteiger partial charge on any atom is 0.191 e. The molecule has 0 spiro atoms. The lowest BCUT2D eigenvalue weighted by atomic mass is 9.96. The van der Waals surface area contributed by atoms with Gasteiger partial charge in [0, 0.05) is 11.1 Å². The molecule has 254 valence electrons. The SMILES string of the molecule is COc1ccc(C2=NOC(c3ccc(C4ON=C(c5ccc(OC)cc5)C4S(=O)(=O)c4ccccc4)cc3)C2S(=O)(=O)c2ccccc2)cc1. The van der Waals surface area contributed by atoms with E-state index in [1.165, 1.54) is 0 Å². The van der Waals surface area contributed by atoms with Crippen LogP contribution in [0.4, 0.5) is 0 Å². The van der Waals surface area contributed by atoms with Crippen molar-refractivity contribution in [3.05, 3.63) is 156 Å². The first-order valence-corrected chi connectivity index (χ1v) is 18.8. The van der Waals surface area contributed by atoms with Gasteiger partial charge >= 0.3 is 0 Å². The topological polar surface area (TPSA) is 130 Å². The van der Waals surface area contributed by atoms with E-state index in [1.807, 2.05) is 0 Å². The molecule has 12 heteroatoms. The van der Waals surface area contributed by atoms with Crippen LogP contribution in [0, 0.1) is 0 Å². The third-order valence-corrected chi connectivity index (χ3v) is 12.9. The fourth-order valence-electron chi connectivity index (χ4n) is 6.17. The number of ether oxygens (including phenoxy) is 2. The molecular weight excluding hydrogens is 677 g/mol. The van der Waals surface area contributed by atoms with Gasteiger partial charge in [-0.05, 0) is 83.9 Å². The summed E-state index contributed by atoms with van der Waals surface area (Å²) in [5, 5.41) is 6.23. The molecule has 4 atom stereocenters. The summed E-state index contributed by atoms with van der Waals surface area (Å²) in [7, 11) is -4.89. The van der Waals surface area contributed by atoms with E-state index >= 15 is 0 Å². The van der Waals surface area contributed by atoms with Gasteiger partial charge in [-0.3, -0.25) is 0 Å². The second-order valence-electron chi connectivity index (χ2n) is 11.7. The van der Waals surface area contributed by atoms with Crippen LogP contribution in [-0.4, -0.2) is 53.0 Å². The van der Waals surface area contributed by atoms with Crippen LogP contribution in [0.25, 0.3) is 0 Å². The smallest absolute Gasteiger partial charge is 0.191 e. The van der Waals surface area contributed by atoms with Gasteiger partial charge in [0.1, 0.15) is 22.9 Å². The number of hydrogen-bond acceptors (Lipinski definition) is 10. The summed E-state index contributed by atoms with van der Waals surface area (Å²) in [6.45, 7) is 0. The monoisotopic (exact) mass is 708 g/mol. The van der Waals surface area contributed by atoms with Crippen LogP contribution in [0.2, 0.25) is 0 Å². The summed E-state index contributed by atoms with van der Waals surface area (Å²) in [4.78, 5) is 12.1. The largest absolute Gasteiger partial charge is 0.497 e. The van der Waals surface area contributed by atoms with E-state index < -0.39 is 42.4 Å². The van der Waals surface area contributed by atoms with E-state index in [9.17, 15) is 16.8 Å². The fraction of sp³-hybridized carbons (Fsp3) is 0.158. The number of sulfone groups is 2. The Labute approximate surface area is 290 Å². The van der Waals surface area contributed by atoms with Gasteiger partial charge in [0.05, 0.1) is 24.0 Å². The van der Waals surface area contributed by atoms with Crippen LogP contribution in [0.15, 0.2) is 154 Å². The minimum atomic E-state index is -3.99. The Hall–Kier alpha value is -5.46. The van der Waals surface area contributed by atoms with Crippen molar-refractivity contribution < 1.29 is 36.0 Å². The summed E-state index contributed by atoms with van der Waals surface area (Å²) >= 11 is 0. The fourth-order valence-corrected chi connectivity index (χ4v) is 9.84. The molecule has 0 radical (unpaired) electrons. The first-order valence-electron chi connectivity index (χ1n) is 15.7. The number of oxime groups is 2. The van der Waals surface area contributed by atoms with Crippen LogP contribution >= 0.6 is 0 Å². The van der Waals surface area contributed by atoms with Gasteiger partial charge in [0.15, 0.2) is 42.4 Å². The summed E-state index contributed by atoms with van der Waals surface area (Å²) < 4.78 is 67.4. The summed E-state index contributed by atoms with van der Waals surface area (Å²) in [5.74, 6) is 1.23. The van der Waals surface area contributed by atoms with Crippen LogP contribution < -0.4 is 9.47 Å². The van der Waals surface area contributed by atoms with Crippen LogP contribution in [-0.2, 0) is 29.3 Å². The third kappa shape index (κ3) is 6.01. The molecule has 0 bridgehead atoms. The number of methoxy groups -OCH3 is 2. The lowest BCUT2D eigenvalue weighted by Gasteiger charge is -2.22. The van der Waals surface area contributed by atoms with Gasteiger partial charge in [0.2, 0.25) is 0 Å².